The van der Waals surface area contributed by atoms with Gasteiger partial charge in [-0.15, -0.1) is 0 Å². The monoisotopic (exact) mass is 283 g/mol. The van der Waals surface area contributed by atoms with E-state index in [1.165, 1.54) is 0 Å². The molecule has 0 aliphatic carbocycles. The molecule has 0 bridgehead atoms. The van der Waals surface area contributed by atoms with Crippen LogP contribution in [0.2, 0.25) is 5.02 Å². The van der Waals surface area contributed by atoms with Gasteiger partial charge in [-0.2, -0.15) is 0 Å². The Morgan fingerprint density at radius 1 is 1.42 bits per heavy atom. The van der Waals surface area contributed by atoms with Crippen LogP contribution in [0.1, 0.15) is 32.8 Å². The van der Waals surface area contributed by atoms with Crippen LogP contribution in [0.5, 0.6) is 0 Å². The van der Waals surface area contributed by atoms with Crippen molar-refractivity contribution in [1.29, 1.82) is 0 Å². The molecule has 0 radical (unpaired) electrons. The molecule has 1 atom stereocenters. The quantitative estimate of drug-likeness (QED) is 0.843. The molecule has 1 amide bonds. The number of halogens is 1. The summed E-state index contributed by atoms with van der Waals surface area (Å²) in [5, 5.41) is 13.5. The average molecular weight is 284 g/mol. The third kappa shape index (κ3) is 5.21. The highest BCUT2D eigenvalue weighted by Crippen LogP contribution is 2.17. The summed E-state index contributed by atoms with van der Waals surface area (Å²) in [6.45, 7) is 5.85. The van der Waals surface area contributed by atoms with E-state index in [2.05, 4.69) is 5.32 Å². The number of carbonyl (C=O) groups excluding carboxylic acids is 1. The standard InChI is InChI=1S/C15H22ClNO2/c1-11(2)15(3,19)10-17-14(18)9-8-12-6-4-5-7-13(12)16/h4-7,11,19H,8-10H2,1-3H3,(H,17,18). The van der Waals surface area contributed by atoms with Crippen LogP contribution < -0.4 is 5.32 Å². The molecule has 0 aliphatic heterocycles. The minimum absolute atomic E-state index is 0.0687. The lowest BCUT2D eigenvalue weighted by Crippen LogP contribution is -2.44. The van der Waals surface area contributed by atoms with Gasteiger partial charge in [-0.05, 0) is 30.9 Å². The Kier molecular flexibility index (Phi) is 5.83. The fourth-order valence-corrected chi connectivity index (χ4v) is 1.75. The summed E-state index contributed by atoms with van der Waals surface area (Å²) in [6.07, 6.45) is 0.979. The van der Waals surface area contributed by atoms with E-state index in [1.54, 1.807) is 6.92 Å². The van der Waals surface area contributed by atoms with E-state index in [4.69, 9.17) is 11.6 Å². The Labute approximate surface area is 120 Å². The maximum atomic E-state index is 11.7. The summed E-state index contributed by atoms with van der Waals surface area (Å²) in [4.78, 5) is 11.7. The Balaban J connectivity index is 2.39. The number of hydrogen-bond donors (Lipinski definition) is 2. The summed E-state index contributed by atoms with van der Waals surface area (Å²) in [5.41, 5.74) is 0.0926. The van der Waals surface area contributed by atoms with E-state index in [0.717, 1.165) is 5.56 Å². The molecule has 0 saturated heterocycles. The summed E-state index contributed by atoms with van der Waals surface area (Å²) in [6, 6.07) is 7.51. The SMILES string of the molecule is CC(C)C(C)(O)CNC(=O)CCc1ccccc1Cl. The lowest BCUT2D eigenvalue weighted by molar-refractivity contribution is -0.122. The first-order chi connectivity index (χ1) is 8.83. The highest BCUT2D eigenvalue weighted by Gasteiger charge is 2.25. The van der Waals surface area contributed by atoms with Gasteiger partial charge in [0.25, 0.3) is 0 Å². The topological polar surface area (TPSA) is 49.3 Å². The predicted octanol–water partition coefficient (Wildman–Crippen LogP) is 2.80. The van der Waals surface area contributed by atoms with E-state index >= 15 is 0 Å². The maximum absolute atomic E-state index is 11.7. The number of benzene rings is 1. The van der Waals surface area contributed by atoms with Crippen molar-refractivity contribution in [3.05, 3.63) is 34.9 Å². The summed E-state index contributed by atoms with van der Waals surface area (Å²) in [7, 11) is 0. The van der Waals surface area contributed by atoms with E-state index < -0.39 is 5.60 Å². The Hall–Kier alpha value is -1.06. The van der Waals surface area contributed by atoms with Crippen molar-refractivity contribution in [3.8, 4) is 0 Å². The molecule has 1 aromatic rings. The van der Waals surface area contributed by atoms with Crippen LogP contribution in [0.3, 0.4) is 0 Å². The minimum Gasteiger partial charge on any atom is -0.388 e. The van der Waals surface area contributed by atoms with Crippen LogP contribution >= 0.6 is 11.6 Å². The van der Waals surface area contributed by atoms with Gasteiger partial charge < -0.3 is 10.4 Å². The van der Waals surface area contributed by atoms with Gasteiger partial charge in [-0.3, -0.25) is 4.79 Å². The third-order valence-electron chi connectivity index (χ3n) is 3.47. The molecule has 1 rings (SSSR count). The molecule has 1 unspecified atom stereocenters. The zero-order valence-electron chi connectivity index (χ0n) is 11.7. The second kappa shape index (κ2) is 6.92. The zero-order chi connectivity index (χ0) is 14.5. The Morgan fingerprint density at radius 2 is 2.05 bits per heavy atom. The normalized spacial score (nSPS) is 14.2. The van der Waals surface area contributed by atoms with Crippen molar-refractivity contribution in [3.63, 3.8) is 0 Å². The van der Waals surface area contributed by atoms with Crippen LogP contribution in [-0.2, 0) is 11.2 Å². The van der Waals surface area contributed by atoms with Crippen molar-refractivity contribution in [2.45, 2.75) is 39.2 Å². The predicted molar refractivity (Wildman–Crippen MR) is 78.2 cm³/mol. The van der Waals surface area contributed by atoms with E-state index in [0.29, 0.717) is 17.9 Å². The molecule has 106 valence electrons. The summed E-state index contributed by atoms with van der Waals surface area (Å²) >= 11 is 6.03. The van der Waals surface area contributed by atoms with Crippen LogP contribution in [-0.4, -0.2) is 23.2 Å². The second-order valence-electron chi connectivity index (χ2n) is 5.38. The van der Waals surface area contributed by atoms with Crippen LogP contribution in [0, 0.1) is 5.92 Å². The van der Waals surface area contributed by atoms with Gasteiger partial charge in [0.05, 0.1) is 5.60 Å². The number of nitrogens with one attached hydrogen (secondary N) is 1. The van der Waals surface area contributed by atoms with Crippen molar-refractivity contribution in [2.24, 2.45) is 5.92 Å². The first-order valence-corrected chi connectivity index (χ1v) is 6.93. The zero-order valence-corrected chi connectivity index (χ0v) is 12.5. The molecule has 2 N–H and O–H groups in total. The summed E-state index contributed by atoms with van der Waals surface area (Å²) in [5.74, 6) is 0.0252. The first-order valence-electron chi connectivity index (χ1n) is 6.55. The fourth-order valence-electron chi connectivity index (χ4n) is 1.52. The van der Waals surface area contributed by atoms with E-state index in [1.807, 2.05) is 38.1 Å². The van der Waals surface area contributed by atoms with Gasteiger partial charge in [0.1, 0.15) is 0 Å². The summed E-state index contributed by atoms with van der Waals surface area (Å²) < 4.78 is 0. The lowest BCUT2D eigenvalue weighted by atomic mass is 9.92. The third-order valence-corrected chi connectivity index (χ3v) is 3.84. The molecule has 0 aliphatic rings. The molecule has 0 spiro atoms. The molecule has 0 fully saturated rings. The van der Waals surface area contributed by atoms with Crippen LogP contribution in [0.15, 0.2) is 24.3 Å². The number of amides is 1. The van der Waals surface area contributed by atoms with Crippen molar-refractivity contribution < 1.29 is 9.90 Å². The minimum atomic E-state index is -0.875. The first kappa shape index (κ1) is 16.0. The van der Waals surface area contributed by atoms with Gasteiger partial charge in [0.15, 0.2) is 0 Å². The Morgan fingerprint density at radius 3 is 2.63 bits per heavy atom. The molecular formula is C15H22ClNO2. The molecule has 0 aromatic heterocycles. The Bertz CT molecular complexity index is 430. The van der Waals surface area contributed by atoms with Crippen molar-refractivity contribution >= 4 is 17.5 Å². The number of aliphatic hydroxyl groups is 1. The molecule has 4 heteroatoms. The van der Waals surface area contributed by atoms with Gasteiger partial charge in [0.2, 0.25) is 5.91 Å². The smallest absolute Gasteiger partial charge is 0.220 e. The van der Waals surface area contributed by atoms with Crippen molar-refractivity contribution in [2.75, 3.05) is 6.54 Å². The molecular weight excluding hydrogens is 262 g/mol. The largest absolute Gasteiger partial charge is 0.388 e. The van der Waals surface area contributed by atoms with Crippen molar-refractivity contribution in [1.82, 2.24) is 5.32 Å². The second-order valence-corrected chi connectivity index (χ2v) is 5.79. The van der Waals surface area contributed by atoms with Gasteiger partial charge in [-0.25, -0.2) is 0 Å². The van der Waals surface area contributed by atoms with E-state index in [9.17, 15) is 9.90 Å². The van der Waals surface area contributed by atoms with E-state index in [-0.39, 0.29) is 18.4 Å². The lowest BCUT2D eigenvalue weighted by Gasteiger charge is -2.27. The highest BCUT2D eigenvalue weighted by atomic mass is 35.5. The molecule has 1 aromatic carbocycles. The average Bonchev–Trinajstić information content (AvgIpc) is 2.35. The number of aryl methyl sites for hydroxylation is 1. The number of rotatable bonds is 6. The van der Waals surface area contributed by atoms with Crippen LogP contribution in [0.4, 0.5) is 0 Å². The van der Waals surface area contributed by atoms with Crippen LogP contribution in [0.25, 0.3) is 0 Å². The number of hydrogen-bond acceptors (Lipinski definition) is 2. The highest BCUT2D eigenvalue weighted by molar-refractivity contribution is 6.31. The van der Waals surface area contributed by atoms with Gasteiger partial charge >= 0.3 is 0 Å². The molecule has 19 heavy (non-hydrogen) atoms. The fraction of sp³-hybridized carbons (Fsp3) is 0.533. The molecule has 0 saturated carbocycles. The molecule has 3 nitrogen and oxygen atoms in total. The van der Waals surface area contributed by atoms with Gasteiger partial charge in [0, 0.05) is 18.0 Å². The number of carbonyl (C=O) groups is 1. The molecule has 0 heterocycles. The maximum Gasteiger partial charge on any atom is 0.220 e. The van der Waals surface area contributed by atoms with Gasteiger partial charge in [-0.1, -0.05) is 43.6 Å².